The molecule has 0 bridgehead atoms. The fraction of sp³-hybridized carbons (Fsp3) is 0.0500. The Kier molecular flexibility index (Phi) is 4.60. The summed E-state index contributed by atoms with van der Waals surface area (Å²) in [5.41, 5.74) is -0.161. The molecule has 0 saturated heterocycles. The van der Waals surface area contributed by atoms with Gasteiger partial charge in [0.1, 0.15) is 16.0 Å². The van der Waals surface area contributed by atoms with Gasteiger partial charge < -0.3 is 0 Å². The molecule has 0 spiro atoms. The van der Waals surface area contributed by atoms with Crippen molar-refractivity contribution in [2.24, 2.45) is 0 Å². The summed E-state index contributed by atoms with van der Waals surface area (Å²) < 4.78 is 2.18. The third-order valence-corrected chi connectivity index (χ3v) is 5.80. The smallest absolute Gasteiger partial charge is 0.266 e. The maximum Gasteiger partial charge on any atom is 0.266 e. The number of rotatable bonds is 3. The van der Waals surface area contributed by atoms with E-state index in [1.807, 2.05) is 12.1 Å². The molecule has 4 aromatic rings. The lowest BCUT2D eigenvalue weighted by atomic mass is 10.2. The molecule has 4 rings (SSSR count). The molecule has 134 valence electrons. The second-order valence-corrected chi connectivity index (χ2v) is 7.75. The van der Waals surface area contributed by atoms with Gasteiger partial charge in [0, 0.05) is 27.2 Å². The number of halogens is 2. The van der Waals surface area contributed by atoms with Crippen molar-refractivity contribution in [3.63, 3.8) is 0 Å². The molecule has 0 amide bonds. The van der Waals surface area contributed by atoms with Crippen molar-refractivity contribution in [1.82, 2.24) is 9.55 Å². The van der Waals surface area contributed by atoms with Gasteiger partial charge in [0.2, 0.25) is 5.43 Å². The third-order valence-electron chi connectivity index (χ3n) is 4.19. The SMILES string of the molecule is C=CCn1c(-c2ccc(Cl)cc2Cl)nc2sc3ccccc3c(=O)c2c1=O. The lowest BCUT2D eigenvalue weighted by Gasteiger charge is -2.13. The van der Waals surface area contributed by atoms with Gasteiger partial charge in [-0.3, -0.25) is 14.2 Å². The minimum absolute atomic E-state index is 0.0781. The van der Waals surface area contributed by atoms with Crippen LogP contribution in [0.5, 0.6) is 0 Å². The first-order valence-electron chi connectivity index (χ1n) is 8.04. The topological polar surface area (TPSA) is 52.0 Å². The molecule has 0 atom stereocenters. The van der Waals surface area contributed by atoms with E-state index in [1.165, 1.54) is 15.9 Å². The van der Waals surface area contributed by atoms with E-state index in [2.05, 4.69) is 11.6 Å². The van der Waals surface area contributed by atoms with Gasteiger partial charge >= 0.3 is 0 Å². The zero-order chi connectivity index (χ0) is 19.1. The highest BCUT2D eigenvalue weighted by atomic mass is 35.5. The zero-order valence-electron chi connectivity index (χ0n) is 13.9. The van der Waals surface area contributed by atoms with E-state index in [-0.39, 0.29) is 17.4 Å². The summed E-state index contributed by atoms with van der Waals surface area (Å²) >= 11 is 13.6. The highest BCUT2D eigenvalue weighted by molar-refractivity contribution is 7.24. The van der Waals surface area contributed by atoms with E-state index in [1.54, 1.807) is 36.4 Å². The first-order valence-corrected chi connectivity index (χ1v) is 9.61. The van der Waals surface area contributed by atoms with Gasteiger partial charge in [-0.1, -0.05) is 41.4 Å². The normalized spacial score (nSPS) is 11.2. The average molecular weight is 415 g/mol. The number of fused-ring (bicyclic) bond motifs is 2. The first-order chi connectivity index (χ1) is 13.0. The molecule has 7 heteroatoms. The van der Waals surface area contributed by atoms with Crippen molar-refractivity contribution in [3.05, 3.63) is 85.7 Å². The Morgan fingerprint density at radius 3 is 2.67 bits per heavy atom. The van der Waals surface area contributed by atoms with Gasteiger partial charge in [0.25, 0.3) is 5.56 Å². The monoisotopic (exact) mass is 414 g/mol. The third kappa shape index (κ3) is 2.98. The summed E-state index contributed by atoms with van der Waals surface area (Å²) in [6.45, 7) is 3.91. The molecule has 0 saturated carbocycles. The van der Waals surface area contributed by atoms with Gasteiger partial charge in [-0.2, -0.15) is 0 Å². The quantitative estimate of drug-likeness (QED) is 0.344. The van der Waals surface area contributed by atoms with Crippen molar-refractivity contribution in [2.75, 3.05) is 0 Å². The molecule has 0 aliphatic rings. The number of hydrogen-bond donors (Lipinski definition) is 0. The summed E-state index contributed by atoms with van der Waals surface area (Å²) in [5, 5.41) is 1.45. The van der Waals surface area contributed by atoms with Gasteiger partial charge in [-0.05, 0) is 30.3 Å². The van der Waals surface area contributed by atoms with E-state index < -0.39 is 5.56 Å². The van der Waals surface area contributed by atoms with Crippen molar-refractivity contribution in [2.45, 2.75) is 6.54 Å². The van der Waals surface area contributed by atoms with E-state index in [9.17, 15) is 9.59 Å². The molecule has 2 aromatic heterocycles. The second kappa shape index (κ2) is 6.93. The Hall–Kier alpha value is -2.47. The first kappa shape index (κ1) is 17.9. The molecule has 0 unspecified atom stereocenters. The molecule has 0 radical (unpaired) electrons. The number of benzene rings is 2. The van der Waals surface area contributed by atoms with Gasteiger partial charge in [-0.15, -0.1) is 17.9 Å². The summed E-state index contributed by atoms with van der Waals surface area (Å²) in [6.07, 6.45) is 1.58. The predicted molar refractivity (Wildman–Crippen MR) is 113 cm³/mol. The minimum atomic E-state index is -0.409. The van der Waals surface area contributed by atoms with Crippen LogP contribution in [0, 0.1) is 0 Å². The molecule has 0 aliphatic heterocycles. The van der Waals surface area contributed by atoms with Crippen molar-refractivity contribution < 1.29 is 0 Å². The fourth-order valence-electron chi connectivity index (χ4n) is 2.96. The van der Waals surface area contributed by atoms with Crippen LogP contribution >= 0.6 is 34.5 Å². The van der Waals surface area contributed by atoms with Crippen LogP contribution in [0.1, 0.15) is 0 Å². The number of aromatic nitrogens is 2. The summed E-state index contributed by atoms with van der Waals surface area (Å²) in [7, 11) is 0. The highest BCUT2D eigenvalue weighted by Gasteiger charge is 2.18. The summed E-state index contributed by atoms with van der Waals surface area (Å²) in [5.74, 6) is 0.375. The minimum Gasteiger partial charge on any atom is -0.288 e. The van der Waals surface area contributed by atoms with Gasteiger partial charge in [-0.25, -0.2) is 4.98 Å². The van der Waals surface area contributed by atoms with E-state index >= 15 is 0 Å². The number of nitrogens with zero attached hydrogens (tertiary/aromatic N) is 2. The molecule has 0 N–H and O–H groups in total. The molecule has 0 aliphatic carbocycles. The van der Waals surface area contributed by atoms with Crippen LogP contribution in [0.3, 0.4) is 0 Å². The second-order valence-electron chi connectivity index (χ2n) is 5.87. The van der Waals surface area contributed by atoms with Gasteiger partial charge in [0.15, 0.2) is 0 Å². The van der Waals surface area contributed by atoms with Crippen molar-refractivity contribution in [1.29, 1.82) is 0 Å². The molecule has 0 fully saturated rings. The molecule has 27 heavy (non-hydrogen) atoms. The van der Waals surface area contributed by atoms with Crippen LogP contribution < -0.4 is 11.0 Å². The van der Waals surface area contributed by atoms with Crippen LogP contribution in [0.25, 0.3) is 31.7 Å². The predicted octanol–water partition coefficient (Wildman–Crippen LogP) is 5.13. The Balaban J connectivity index is 2.17. The Bertz CT molecular complexity index is 1340. The Morgan fingerprint density at radius 2 is 1.93 bits per heavy atom. The Labute approximate surface area is 167 Å². The number of hydrogen-bond acceptors (Lipinski definition) is 4. The number of allylic oxidation sites excluding steroid dienone is 1. The molecular formula is C20H12Cl2N2O2S. The van der Waals surface area contributed by atoms with Crippen LogP contribution in [0.15, 0.2) is 64.7 Å². The lowest BCUT2D eigenvalue weighted by Crippen LogP contribution is -2.27. The summed E-state index contributed by atoms with van der Waals surface area (Å²) in [6, 6.07) is 12.2. The maximum atomic E-state index is 13.2. The lowest BCUT2D eigenvalue weighted by molar-refractivity contribution is 0.780. The largest absolute Gasteiger partial charge is 0.288 e. The average Bonchev–Trinajstić information content (AvgIpc) is 2.64. The van der Waals surface area contributed by atoms with E-state index in [4.69, 9.17) is 23.2 Å². The van der Waals surface area contributed by atoms with Crippen LogP contribution in [-0.2, 0) is 6.54 Å². The van der Waals surface area contributed by atoms with Crippen LogP contribution in [0.2, 0.25) is 10.0 Å². The van der Waals surface area contributed by atoms with Crippen LogP contribution in [0.4, 0.5) is 0 Å². The Morgan fingerprint density at radius 1 is 1.15 bits per heavy atom. The standard InChI is InChI=1S/C20H12Cl2N2O2S/c1-2-9-24-18(12-8-7-11(21)10-14(12)22)23-19-16(20(24)26)17(25)13-5-3-4-6-15(13)27-19/h2-8,10H,1,9H2. The molecule has 2 heterocycles. The van der Waals surface area contributed by atoms with E-state index in [0.717, 1.165) is 4.70 Å². The van der Waals surface area contributed by atoms with Crippen molar-refractivity contribution in [3.8, 4) is 11.4 Å². The van der Waals surface area contributed by atoms with E-state index in [0.29, 0.717) is 31.6 Å². The van der Waals surface area contributed by atoms with Crippen molar-refractivity contribution >= 4 is 54.8 Å². The molecular weight excluding hydrogens is 403 g/mol. The fourth-order valence-corrected chi connectivity index (χ4v) is 4.49. The maximum absolute atomic E-state index is 13.2. The highest BCUT2D eigenvalue weighted by Crippen LogP contribution is 2.30. The van der Waals surface area contributed by atoms with Crippen LogP contribution in [-0.4, -0.2) is 9.55 Å². The zero-order valence-corrected chi connectivity index (χ0v) is 16.2. The van der Waals surface area contributed by atoms with Gasteiger partial charge in [0.05, 0.1) is 5.02 Å². The summed E-state index contributed by atoms with van der Waals surface area (Å²) in [4.78, 5) is 31.1. The molecule has 4 nitrogen and oxygen atoms in total. The molecule has 2 aromatic carbocycles.